The average Bonchev–Trinajstić information content (AvgIpc) is 3.09. The van der Waals surface area contributed by atoms with E-state index in [0.29, 0.717) is 21.6 Å². The first-order chi connectivity index (χ1) is 12.1. The van der Waals surface area contributed by atoms with E-state index in [4.69, 9.17) is 16.3 Å². The quantitative estimate of drug-likeness (QED) is 0.509. The van der Waals surface area contributed by atoms with E-state index in [1.807, 2.05) is 31.2 Å². The summed E-state index contributed by atoms with van der Waals surface area (Å²) in [6.07, 6.45) is 0. The van der Waals surface area contributed by atoms with E-state index in [2.05, 4.69) is 15.2 Å². The van der Waals surface area contributed by atoms with Crippen molar-refractivity contribution in [2.75, 3.05) is 7.11 Å². The molecule has 0 aliphatic rings. The Morgan fingerprint density at radius 3 is 2.68 bits per heavy atom. The Morgan fingerprint density at radius 1 is 1.24 bits per heavy atom. The van der Waals surface area contributed by atoms with Gasteiger partial charge in [0.1, 0.15) is 5.75 Å². The molecule has 5 nitrogen and oxygen atoms in total. The minimum absolute atomic E-state index is 0.0108. The molecule has 7 heteroatoms. The van der Waals surface area contributed by atoms with Gasteiger partial charge in [-0.1, -0.05) is 35.5 Å². The van der Waals surface area contributed by atoms with Crippen LogP contribution in [0.5, 0.6) is 5.75 Å². The first-order valence-corrected chi connectivity index (χ1v) is 8.86. The molecule has 1 heterocycles. The highest BCUT2D eigenvalue weighted by Gasteiger charge is 2.19. The zero-order valence-electron chi connectivity index (χ0n) is 13.7. The lowest BCUT2D eigenvalue weighted by atomic mass is 10.1. The summed E-state index contributed by atoms with van der Waals surface area (Å²) < 4.78 is 5.14. The van der Waals surface area contributed by atoms with Crippen molar-refractivity contribution in [1.29, 1.82) is 0 Å². The first-order valence-electron chi connectivity index (χ1n) is 7.60. The molecule has 1 atom stereocenters. The molecule has 1 unspecified atom stereocenters. The number of hydrogen-bond donors (Lipinski definition) is 1. The van der Waals surface area contributed by atoms with Gasteiger partial charge in [0.15, 0.2) is 11.6 Å². The van der Waals surface area contributed by atoms with Gasteiger partial charge in [-0.05, 0) is 43.3 Å². The van der Waals surface area contributed by atoms with E-state index >= 15 is 0 Å². The highest BCUT2D eigenvalue weighted by molar-refractivity contribution is 8.00. The van der Waals surface area contributed by atoms with Crippen LogP contribution >= 0.6 is 23.4 Å². The Kier molecular flexibility index (Phi) is 5.40. The highest BCUT2D eigenvalue weighted by Crippen LogP contribution is 2.26. The number of aromatic amines is 1. The molecule has 0 aliphatic carbocycles. The summed E-state index contributed by atoms with van der Waals surface area (Å²) in [5, 5.41) is 7.83. The van der Waals surface area contributed by atoms with Crippen molar-refractivity contribution in [3.8, 4) is 17.1 Å². The third kappa shape index (κ3) is 4.21. The van der Waals surface area contributed by atoms with Crippen LogP contribution in [0, 0.1) is 0 Å². The molecule has 0 fully saturated rings. The molecule has 25 heavy (non-hydrogen) atoms. The molecule has 0 spiro atoms. The number of carbonyl (C=O) groups is 1. The van der Waals surface area contributed by atoms with Gasteiger partial charge < -0.3 is 4.74 Å². The van der Waals surface area contributed by atoms with Crippen LogP contribution in [0.1, 0.15) is 17.3 Å². The number of aromatic nitrogens is 3. The average molecular weight is 374 g/mol. The maximum Gasteiger partial charge on any atom is 0.209 e. The lowest BCUT2D eigenvalue weighted by Gasteiger charge is -2.07. The molecule has 3 aromatic rings. The van der Waals surface area contributed by atoms with Crippen molar-refractivity contribution in [3.63, 3.8) is 0 Å². The molecule has 2 aromatic carbocycles. The second kappa shape index (κ2) is 7.72. The van der Waals surface area contributed by atoms with Gasteiger partial charge in [-0.25, -0.2) is 4.98 Å². The Balaban J connectivity index is 1.71. The number of thioether (sulfide) groups is 1. The van der Waals surface area contributed by atoms with E-state index in [1.54, 1.807) is 31.4 Å². The fourth-order valence-corrected chi connectivity index (χ4v) is 3.26. The summed E-state index contributed by atoms with van der Waals surface area (Å²) in [7, 11) is 1.62. The number of methoxy groups -OCH3 is 1. The number of hydrogen-bond acceptors (Lipinski definition) is 5. The van der Waals surface area contributed by atoms with E-state index in [-0.39, 0.29) is 11.0 Å². The molecule has 3 rings (SSSR count). The van der Waals surface area contributed by atoms with Crippen molar-refractivity contribution in [2.45, 2.75) is 17.3 Å². The van der Waals surface area contributed by atoms with Crippen LogP contribution < -0.4 is 4.74 Å². The summed E-state index contributed by atoms with van der Waals surface area (Å²) in [5.74, 6) is 1.41. The predicted molar refractivity (Wildman–Crippen MR) is 99.5 cm³/mol. The van der Waals surface area contributed by atoms with Crippen molar-refractivity contribution in [1.82, 2.24) is 15.2 Å². The smallest absolute Gasteiger partial charge is 0.209 e. The molecule has 0 aliphatic heterocycles. The van der Waals surface area contributed by atoms with Crippen LogP contribution in [-0.4, -0.2) is 33.3 Å². The summed E-state index contributed by atoms with van der Waals surface area (Å²) in [5.41, 5.74) is 1.48. The number of rotatable bonds is 6. The Hall–Kier alpha value is -2.31. The van der Waals surface area contributed by atoms with Crippen LogP contribution in [0.25, 0.3) is 11.4 Å². The third-order valence-electron chi connectivity index (χ3n) is 3.59. The van der Waals surface area contributed by atoms with E-state index in [1.165, 1.54) is 11.8 Å². The van der Waals surface area contributed by atoms with Crippen molar-refractivity contribution >= 4 is 29.1 Å². The SMILES string of the molecule is COc1ccc(-c2nc(SC(C)C(=O)c3cccc(Cl)c3)n[nH]2)cc1. The first kappa shape index (κ1) is 17.5. The highest BCUT2D eigenvalue weighted by atomic mass is 35.5. The maximum atomic E-state index is 12.5. The van der Waals surface area contributed by atoms with E-state index in [0.717, 1.165) is 11.3 Å². The number of ketones is 1. The Morgan fingerprint density at radius 2 is 2.00 bits per heavy atom. The number of nitrogens with zero attached hydrogens (tertiary/aromatic N) is 2. The molecule has 0 bridgehead atoms. The molecule has 1 N–H and O–H groups in total. The molecule has 0 saturated carbocycles. The number of benzene rings is 2. The van der Waals surface area contributed by atoms with Crippen LogP contribution in [0.3, 0.4) is 0 Å². The minimum Gasteiger partial charge on any atom is -0.497 e. The fraction of sp³-hybridized carbons (Fsp3) is 0.167. The fourth-order valence-electron chi connectivity index (χ4n) is 2.27. The van der Waals surface area contributed by atoms with Crippen LogP contribution in [0.15, 0.2) is 53.7 Å². The normalized spacial score (nSPS) is 12.0. The largest absolute Gasteiger partial charge is 0.497 e. The minimum atomic E-state index is -0.321. The van der Waals surface area contributed by atoms with Crippen LogP contribution in [0.4, 0.5) is 0 Å². The van der Waals surface area contributed by atoms with Gasteiger partial charge in [-0.3, -0.25) is 9.89 Å². The second-order valence-corrected chi connectivity index (χ2v) is 7.07. The number of H-pyrrole nitrogens is 1. The molecule has 0 saturated heterocycles. The summed E-state index contributed by atoms with van der Waals surface area (Å²) in [6.45, 7) is 1.83. The standard InChI is InChI=1S/C18H16ClN3O2S/c1-11(16(23)13-4-3-5-14(19)10-13)25-18-20-17(21-22-18)12-6-8-15(24-2)9-7-12/h3-11H,1-2H3,(H,20,21,22). The summed E-state index contributed by atoms with van der Waals surface area (Å²) in [6, 6.07) is 14.4. The number of ether oxygens (including phenoxy) is 1. The second-order valence-electron chi connectivity index (χ2n) is 5.33. The van der Waals surface area contributed by atoms with Gasteiger partial charge in [-0.2, -0.15) is 0 Å². The Bertz CT molecular complexity index is 880. The predicted octanol–water partition coefficient (Wildman–Crippen LogP) is 4.50. The van der Waals surface area contributed by atoms with Gasteiger partial charge in [-0.15, -0.1) is 5.10 Å². The number of halogens is 1. The van der Waals surface area contributed by atoms with Crippen molar-refractivity contribution in [3.05, 3.63) is 59.1 Å². The molecule has 1 aromatic heterocycles. The number of Topliss-reactive ketones (excluding diaryl/α,β-unsaturated/α-hetero) is 1. The lowest BCUT2D eigenvalue weighted by Crippen LogP contribution is -2.13. The topological polar surface area (TPSA) is 67.9 Å². The maximum absolute atomic E-state index is 12.5. The van der Waals surface area contributed by atoms with Crippen molar-refractivity contribution < 1.29 is 9.53 Å². The van der Waals surface area contributed by atoms with Crippen LogP contribution in [-0.2, 0) is 0 Å². The zero-order chi connectivity index (χ0) is 17.8. The number of carbonyl (C=O) groups excluding carboxylic acids is 1. The van der Waals surface area contributed by atoms with Gasteiger partial charge in [0.2, 0.25) is 5.16 Å². The Labute approximate surface area is 154 Å². The monoisotopic (exact) mass is 373 g/mol. The summed E-state index contributed by atoms with van der Waals surface area (Å²) in [4.78, 5) is 16.9. The van der Waals surface area contributed by atoms with E-state index < -0.39 is 0 Å². The number of nitrogens with one attached hydrogen (secondary N) is 1. The van der Waals surface area contributed by atoms with Gasteiger partial charge in [0.25, 0.3) is 0 Å². The van der Waals surface area contributed by atoms with Crippen molar-refractivity contribution in [2.24, 2.45) is 0 Å². The van der Waals surface area contributed by atoms with Gasteiger partial charge in [0.05, 0.1) is 12.4 Å². The molecular formula is C18H16ClN3O2S. The third-order valence-corrected chi connectivity index (χ3v) is 4.79. The van der Waals surface area contributed by atoms with Crippen LogP contribution in [0.2, 0.25) is 5.02 Å². The molecular weight excluding hydrogens is 358 g/mol. The zero-order valence-corrected chi connectivity index (χ0v) is 15.3. The molecule has 128 valence electrons. The van der Waals surface area contributed by atoms with E-state index in [9.17, 15) is 4.79 Å². The summed E-state index contributed by atoms with van der Waals surface area (Å²) >= 11 is 7.25. The van der Waals surface area contributed by atoms with Gasteiger partial charge in [0, 0.05) is 16.1 Å². The lowest BCUT2D eigenvalue weighted by molar-refractivity contribution is 0.0994. The molecule has 0 radical (unpaired) electrons. The molecule has 0 amide bonds. The van der Waals surface area contributed by atoms with Gasteiger partial charge >= 0.3 is 0 Å².